The Bertz CT molecular complexity index is 768. The highest BCUT2D eigenvalue weighted by molar-refractivity contribution is 9.10. The molecule has 0 aromatic heterocycles. The van der Waals surface area contributed by atoms with Crippen molar-refractivity contribution in [2.75, 3.05) is 13.2 Å². The molecule has 6 nitrogen and oxygen atoms in total. The molecule has 0 aliphatic rings. The van der Waals surface area contributed by atoms with Gasteiger partial charge in [0.25, 0.3) is 11.8 Å². The first-order valence-corrected chi connectivity index (χ1v) is 10.1. The normalized spacial score (nSPS) is 10.2. The maximum Gasteiger partial charge on any atom is 0.276 e. The van der Waals surface area contributed by atoms with Crippen molar-refractivity contribution < 1.29 is 19.1 Å². The van der Waals surface area contributed by atoms with E-state index in [-0.39, 0.29) is 6.61 Å². The molecule has 0 atom stereocenters. The first-order chi connectivity index (χ1) is 13.6. The van der Waals surface area contributed by atoms with Crippen molar-refractivity contribution >= 4 is 27.7 Å². The molecule has 2 aromatic rings. The van der Waals surface area contributed by atoms with Gasteiger partial charge in [0.15, 0.2) is 6.61 Å². The zero-order valence-electron chi connectivity index (χ0n) is 15.9. The van der Waals surface area contributed by atoms with Crippen molar-refractivity contribution in [3.63, 3.8) is 0 Å². The van der Waals surface area contributed by atoms with Gasteiger partial charge in [0.05, 0.1) is 11.1 Å². The molecule has 0 heterocycles. The van der Waals surface area contributed by atoms with E-state index in [0.29, 0.717) is 28.1 Å². The molecule has 7 heteroatoms. The molecule has 2 N–H and O–H groups in total. The summed E-state index contributed by atoms with van der Waals surface area (Å²) in [6.45, 7) is 2.61. The van der Waals surface area contributed by atoms with Crippen LogP contribution in [-0.4, -0.2) is 25.0 Å². The lowest BCUT2D eigenvalue weighted by atomic mass is 10.2. The van der Waals surface area contributed by atoms with E-state index in [1.165, 1.54) is 12.8 Å². The topological polar surface area (TPSA) is 76.7 Å². The Kier molecular flexibility index (Phi) is 9.34. The molecular weight excluding hydrogens is 424 g/mol. The Labute approximate surface area is 173 Å². The van der Waals surface area contributed by atoms with E-state index in [4.69, 9.17) is 9.47 Å². The predicted molar refractivity (Wildman–Crippen MR) is 111 cm³/mol. The van der Waals surface area contributed by atoms with Crippen molar-refractivity contribution in [2.45, 2.75) is 32.6 Å². The van der Waals surface area contributed by atoms with Crippen molar-refractivity contribution in [2.24, 2.45) is 0 Å². The summed E-state index contributed by atoms with van der Waals surface area (Å²) in [6, 6.07) is 14.0. The molecule has 28 heavy (non-hydrogen) atoms. The molecule has 0 saturated heterocycles. The highest BCUT2D eigenvalue weighted by atomic mass is 79.9. The summed E-state index contributed by atoms with van der Waals surface area (Å²) in [6.07, 6.45) is 4.52. The van der Waals surface area contributed by atoms with Gasteiger partial charge < -0.3 is 9.47 Å². The molecule has 150 valence electrons. The average Bonchev–Trinajstić information content (AvgIpc) is 2.72. The second kappa shape index (κ2) is 12.0. The second-order valence-corrected chi connectivity index (χ2v) is 7.01. The molecular formula is C21H25BrN2O4. The third-order valence-electron chi connectivity index (χ3n) is 3.88. The molecule has 2 rings (SSSR count). The van der Waals surface area contributed by atoms with Crippen LogP contribution < -0.4 is 20.3 Å². The third-order valence-corrected chi connectivity index (χ3v) is 4.50. The van der Waals surface area contributed by atoms with Gasteiger partial charge in [-0.15, -0.1) is 0 Å². The second-order valence-electron chi connectivity index (χ2n) is 6.16. The number of nitrogens with one attached hydrogen (secondary N) is 2. The molecule has 0 radical (unpaired) electrons. The van der Waals surface area contributed by atoms with Gasteiger partial charge in [-0.25, -0.2) is 0 Å². The Morgan fingerprint density at radius 3 is 2.46 bits per heavy atom. The number of hydrogen-bond donors (Lipinski definition) is 2. The number of amides is 2. The average molecular weight is 449 g/mol. The number of hydrogen-bond acceptors (Lipinski definition) is 4. The van der Waals surface area contributed by atoms with Gasteiger partial charge in [0.1, 0.15) is 11.5 Å². The maximum absolute atomic E-state index is 12.2. The van der Waals surface area contributed by atoms with Gasteiger partial charge in [-0.05, 0) is 52.7 Å². The van der Waals surface area contributed by atoms with Crippen LogP contribution in [0.25, 0.3) is 0 Å². The number of carbonyl (C=O) groups is 2. The van der Waals surface area contributed by atoms with E-state index in [0.717, 1.165) is 12.8 Å². The van der Waals surface area contributed by atoms with Crippen LogP contribution in [0.15, 0.2) is 53.0 Å². The number of hydrazine groups is 1. The zero-order chi connectivity index (χ0) is 20.2. The Morgan fingerprint density at radius 2 is 1.75 bits per heavy atom. The summed E-state index contributed by atoms with van der Waals surface area (Å²) in [5.41, 5.74) is 5.09. The van der Waals surface area contributed by atoms with Gasteiger partial charge in [-0.3, -0.25) is 20.4 Å². The standard InChI is InChI=1S/C21H25BrN2O4/c1-2-3-4-8-13-27-19-12-11-16(14-18(19)22)21(26)24-23-20(25)15-28-17-9-6-5-7-10-17/h5-7,9-12,14H,2-4,8,13,15H2,1H3,(H,23,25)(H,24,26). The lowest BCUT2D eigenvalue weighted by Crippen LogP contribution is -2.43. The van der Waals surface area contributed by atoms with Gasteiger partial charge in [-0.2, -0.15) is 0 Å². The Balaban J connectivity index is 1.75. The smallest absolute Gasteiger partial charge is 0.276 e. The summed E-state index contributed by atoms with van der Waals surface area (Å²) < 4.78 is 11.7. The molecule has 0 aliphatic heterocycles. The maximum atomic E-state index is 12.2. The minimum atomic E-state index is -0.455. The van der Waals surface area contributed by atoms with E-state index < -0.39 is 11.8 Å². The van der Waals surface area contributed by atoms with Crippen molar-refractivity contribution in [1.29, 1.82) is 0 Å². The summed E-state index contributed by atoms with van der Waals surface area (Å²) in [4.78, 5) is 24.0. The van der Waals surface area contributed by atoms with E-state index >= 15 is 0 Å². The van der Waals surface area contributed by atoms with Gasteiger partial charge in [0, 0.05) is 5.56 Å². The van der Waals surface area contributed by atoms with Crippen LogP contribution in [0, 0.1) is 0 Å². The number of rotatable bonds is 10. The summed E-state index contributed by atoms with van der Waals surface area (Å²) in [5, 5.41) is 0. The zero-order valence-corrected chi connectivity index (χ0v) is 17.5. The number of ether oxygens (including phenoxy) is 2. The third kappa shape index (κ3) is 7.60. The largest absolute Gasteiger partial charge is 0.492 e. The number of unbranched alkanes of at least 4 members (excludes halogenated alkanes) is 3. The van der Waals surface area contributed by atoms with E-state index in [1.807, 2.05) is 18.2 Å². The summed E-state index contributed by atoms with van der Waals surface area (Å²) >= 11 is 3.42. The van der Waals surface area contributed by atoms with Gasteiger partial charge >= 0.3 is 0 Å². The van der Waals surface area contributed by atoms with Gasteiger partial charge in [0.2, 0.25) is 0 Å². The molecule has 2 aromatic carbocycles. The fourth-order valence-corrected chi connectivity index (χ4v) is 2.86. The van der Waals surface area contributed by atoms with E-state index in [9.17, 15) is 9.59 Å². The molecule has 2 amide bonds. The Hall–Kier alpha value is -2.54. The molecule has 0 bridgehead atoms. The number of benzene rings is 2. The molecule has 0 saturated carbocycles. The fraction of sp³-hybridized carbons (Fsp3) is 0.333. The van der Waals surface area contributed by atoms with Crippen LogP contribution >= 0.6 is 15.9 Å². The van der Waals surface area contributed by atoms with Crippen LogP contribution in [0.5, 0.6) is 11.5 Å². The lowest BCUT2D eigenvalue weighted by Gasteiger charge is -2.11. The first kappa shape index (κ1) is 21.8. The van der Waals surface area contributed by atoms with Crippen LogP contribution in [0.3, 0.4) is 0 Å². The number of carbonyl (C=O) groups excluding carboxylic acids is 2. The fourth-order valence-electron chi connectivity index (χ4n) is 2.37. The van der Waals surface area contributed by atoms with Crippen molar-refractivity contribution in [3.8, 4) is 11.5 Å². The SMILES string of the molecule is CCCCCCOc1ccc(C(=O)NNC(=O)COc2ccccc2)cc1Br. The highest BCUT2D eigenvalue weighted by Crippen LogP contribution is 2.26. The van der Waals surface area contributed by atoms with Crippen LogP contribution in [0.1, 0.15) is 43.0 Å². The van der Waals surface area contributed by atoms with Crippen LogP contribution in [0.2, 0.25) is 0 Å². The quantitative estimate of drug-likeness (QED) is 0.420. The highest BCUT2D eigenvalue weighted by Gasteiger charge is 2.11. The van der Waals surface area contributed by atoms with E-state index in [1.54, 1.807) is 30.3 Å². The minimum absolute atomic E-state index is 0.196. The monoisotopic (exact) mass is 448 g/mol. The minimum Gasteiger partial charge on any atom is -0.492 e. The van der Waals surface area contributed by atoms with Crippen LogP contribution in [-0.2, 0) is 4.79 Å². The summed E-state index contributed by atoms with van der Waals surface area (Å²) in [5.74, 6) is 0.387. The van der Waals surface area contributed by atoms with Crippen LogP contribution in [0.4, 0.5) is 0 Å². The first-order valence-electron chi connectivity index (χ1n) is 9.29. The lowest BCUT2D eigenvalue weighted by molar-refractivity contribution is -0.123. The molecule has 0 aliphatic carbocycles. The van der Waals surface area contributed by atoms with Crippen molar-refractivity contribution in [1.82, 2.24) is 10.9 Å². The predicted octanol–water partition coefficient (Wildman–Crippen LogP) is 4.25. The molecule has 0 unspecified atom stereocenters. The van der Waals surface area contributed by atoms with Gasteiger partial charge in [-0.1, -0.05) is 44.4 Å². The van der Waals surface area contributed by atoms with Crippen molar-refractivity contribution in [3.05, 3.63) is 58.6 Å². The molecule has 0 fully saturated rings. The molecule has 0 spiro atoms. The Morgan fingerprint density at radius 1 is 0.964 bits per heavy atom. The summed E-state index contributed by atoms with van der Waals surface area (Å²) in [7, 11) is 0. The number of halogens is 1. The number of para-hydroxylation sites is 1. The van der Waals surface area contributed by atoms with E-state index in [2.05, 4.69) is 33.7 Å².